The highest BCUT2D eigenvalue weighted by atomic mass is 16.6. The normalized spacial score (nSPS) is 11.7. The molecule has 6 heteroatoms. The van der Waals surface area contributed by atoms with Gasteiger partial charge >= 0.3 is 5.69 Å². The van der Waals surface area contributed by atoms with Crippen molar-refractivity contribution in [2.75, 3.05) is 19.0 Å². The Bertz CT molecular complexity index is 617. The molecule has 0 aliphatic carbocycles. The van der Waals surface area contributed by atoms with Crippen molar-refractivity contribution >= 4 is 11.4 Å². The molecule has 21 heavy (non-hydrogen) atoms. The molecule has 0 amide bonds. The van der Waals surface area contributed by atoms with Crippen LogP contribution in [0.3, 0.4) is 0 Å². The lowest BCUT2D eigenvalue weighted by Gasteiger charge is -2.14. The second-order valence-electron chi connectivity index (χ2n) is 4.54. The van der Waals surface area contributed by atoms with Crippen molar-refractivity contribution in [3.8, 4) is 5.75 Å². The third-order valence-corrected chi connectivity index (χ3v) is 3.13. The van der Waals surface area contributed by atoms with Crippen molar-refractivity contribution < 1.29 is 9.66 Å². The molecule has 0 spiro atoms. The SMILES string of the molecule is COc1cc(NCC(N)c2ccccc2)ccc1[N+](=O)[O-]. The van der Waals surface area contributed by atoms with E-state index in [4.69, 9.17) is 10.5 Å². The number of nitrogens with two attached hydrogens (primary N) is 1. The molecule has 0 fully saturated rings. The number of nitro benzene ring substituents is 1. The van der Waals surface area contributed by atoms with Crippen molar-refractivity contribution in [3.63, 3.8) is 0 Å². The molecule has 3 N–H and O–H groups in total. The van der Waals surface area contributed by atoms with Crippen molar-refractivity contribution in [1.82, 2.24) is 0 Å². The van der Waals surface area contributed by atoms with Gasteiger partial charge < -0.3 is 15.8 Å². The Balaban J connectivity index is 2.05. The van der Waals surface area contributed by atoms with Gasteiger partial charge in [0, 0.05) is 30.4 Å². The summed E-state index contributed by atoms with van der Waals surface area (Å²) in [6.45, 7) is 0.519. The highest BCUT2D eigenvalue weighted by Gasteiger charge is 2.15. The molecule has 0 saturated carbocycles. The Hall–Kier alpha value is -2.60. The summed E-state index contributed by atoms with van der Waals surface area (Å²) in [6.07, 6.45) is 0. The van der Waals surface area contributed by atoms with Crippen LogP contribution in [-0.4, -0.2) is 18.6 Å². The van der Waals surface area contributed by atoms with Crippen molar-refractivity contribution in [2.45, 2.75) is 6.04 Å². The summed E-state index contributed by atoms with van der Waals surface area (Å²) in [4.78, 5) is 10.4. The Kier molecular flexibility index (Phi) is 4.73. The van der Waals surface area contributed by atoms with E-state index in [0.29, 0.717) is 6.54 Å². The molecule has 0 heterocycles. The molecule has 1 atom stereocenters. The Morgan fingerprint density at radius 3 is 2.62 bits per heavy atom. The van der Waals surface area contributed by atoms with E-state index in [9.17, 15) is 10.1 Å². The number of nitrogens with one attached hydrogen (secondary N) is 1. The molecule has 1 unspecified atom stereocenters. The fraction of sp³-hybridized carbons (Fsp3) is 0.200. The van der Waals surface area contributed by atoms with E-state index in [0.717, 1.165) is 11.3 Å². The van der Waals surface area contributed by atoms with Gasteiger partial charge in [0.2, 0.25) is 0 Å². The highest BCUT2D eigenvalue weighted by molar-refractivity contribution is 5.58. The van der Waals surface area contributed by atoms with Crippen LogP contribution in [-0.2, 0) is 0 Å². The maximum atomic E-state index is 10.8. The lowest BCUT2D eigenvalue weighted by atomic mass is 10.1. The fourth-order valence-corrected chi connectivity index (χ4v) is 1.98. The van der Waals surface area contributed by atoms with Gasteiger partial charge in [0.05, 0.1) is 12.0 Å². The number of hydrogen-bond acceptors (Lipinski definition) is 5. The summed E-state index contributed by atoms with van der Waals surface area (Å²) in [7, 11) is 1.40. The molecular weight excluding hydrogens is 270 g/mol. The van der Waals surface area contributed by atoms with Gasteiger partial charge in [0.15, 0.2) is 5.75 Å². The standard InChI is InChI=1S/C15H17N3O3/c1-21-15-9-12(7-8-14(15)18(19)20)17-10-13(16)11-5-3-2-4-6-11/h2-9,13,17H,10,16H2,1H3. The minimum atomic E-state index is -0.474. The van der Waals surface area contributed by atoms with E-state index < -0.39 is 4.92 Å². The van der Waals surface area contributed by atoms with Gasteiger partial charge in [0.25, 0.3) is 0 Å². The number of anilines is 1. The molecular formula is C15H17N3O3. The van der Waals surface area contributed by atoms with Crippen molar-refractivity contribution in [1.29, 1.82) is 0 Å². The van der Waals surface area contributed by atoms with Gasteiger partial charge in [-0.25, -0.2) is 0 Å². The smallest absolute Gasteiger partial charge is 0.311 e. The zero-order valence-electron chi connectivity index (χ0n) is 11.7. The number of rotatable bonds is 6. The summed E-state index contributed by atoms with van der Waals surface area (Å²) >= 11 is 0. The fourth-order valence-electron chi connectivity index (χ4n) is 1.98. The summed E-state index contributed by atoms with van der Waals surface area (Å²) in [5.74, 6) is 0.221. The van der Waals surface area contributed by atoms with Crippen LogP contribution in [0.25, 0.3) is 0 Å². The lowest BCUT2D eigenvalue weighted by molar-refractivity contribution is -0.385. The number of methoxy groups -OCH3 is 1. The Morgan fingerprint density at radius 2 is 2.00 bits per heavy atom. The number of nitro groups is 1. The van der Waals surface area contributed by atoms with E-state index in [-0.39, 0.29) is 17.5 Å². The van der Waals surface area contributed by atoms with Crippen LogP contribution < -0.4 is 15.8 Å². The van der Waals surface area contributed by atoms with Gasteiger partial charge in [-0.05, 0) is 11.6 Å². The van der Waals surface area contributed by atoms with Gasteiger partial charge in [-0.15, -0.1) is 0 Å². The van der Waals surface area contributed by atoms with Crippen LogP contribution in [0.4, 0.5) is 11.4 Å². The van der Waals surface area contributed by atoms with Gasteiger partial charge in [-0.1, -0.05) is 30.3 Å². The molecule has 2 rings (SSSR count). The van der Waals surface area contributed by atoms with E-state index in [1.807, 2.05) is 30.3 Å². The molecule has 6 nitrogen and oxygen atoms in total. The van der Waals surface area contributed by atoms with Crippen LogP contribution in [0.15, 0.2) is 48.5 Å². The number of ether oxygens (including phenoxy) is 1. The zero-order chi connectivity index (χ0) is 15.2. The predicted octanol–water partition coefficient (Wildman–Crippen LogP) is 2.72. The van der Waals surface area contributed by atoms with Crippen LogP contribution in [0, 0.1) is 10.1 Å². The molecule has 110 valence electrons. The second-order valence-corrected chi connectivity index (χ2v) is 4.54. The number of nitrogens with zero attached hydrogens (tertiary/aromatic N) is 1. The van der Waals surface area contributed by atoms with E-state index >= 15 is 0 Å². The Morgan fingerprint density at radius 1 is 1.29 bits per heavy atom. The average Bonchev–Trinajstić information content (AvgIpc) is 2.52. The molecule has 0 bridgehead atoms. The quantitative estimate of drug-likeness (QED) is 0.629. The third-order valence-electron chi connectivity index (χ3n) is 3.13. The first kappa shape index (κ1) is 14.8. The molecule has 0 saturated heterocycles. The van der Waals surface area contributed by atoms with Crippen molar-refractivity contribution in [3.05, 3.63) is 64.2 Å². The van der Waals surface area contributed by atoms with Crippen LogP contribution in [0.2, 0.25) is 0 Å². The minimum Gasteiger partial charge on any atom is -0.490 e. The molecule has 0 aliphatic heterocycles. The summed E-state index contributed by atoms with van der Waals surface area (Å²) < 4.78 is 5.03. The van der Waals surface area contributed by atoms with Crippen LogP contribution in [0.5, 0.6) is 5.75 Å². The molecule has 2 aromatic carbocycles. The summed E-state index contributed by atoms with van der Waals surface area (Å²) in [6, 6.07) is 14.2. The Labute approximate surface area is 122 Å². The highest BCUT2D eigenvalue weighted by Crippen LogP contribution is 2.29. The van der Waals surface area contributed by atoms with Gasteiger partial charge in [-0.2, -0.15) is 0 Å². The second kappa shape index (κ2) is 6.71. The van der Waals surface area contributed by atoms with Crippen molar-refractivity contribution in [2.24, 2.45) is 5.73 Å². The largest absolute Gasteiger partial charge is 0.490 e. The predicted molar refractivity (Wildman–Crippen MR) is 81.5 cm³/mol. The van der Waals surface area contributed by atoms with E-state index in [1.54, 1.807) is 12.1 Å². The van der Waals surface area contributed by atoms with Crippen LogP contribution in [0.1, 0.15) is 11.6 Å². The molecule has 0 radical (unpaired) electrons. The first-order valence-corrected chi connectivity index (χ1v) is 6.48. The monoisotopic (exact) mass is 287 g/mol. The van der Waals surface area contributed by atoms with Crippen LogP contribution >= 0.6 is 0 Å². The van der Waals surface area contributed by atoms with E-state index in [1.165, 1.54) is 13.2 Å². The summed E-state index contributed by atoms with van der Waals surface area (Å²) in [5.41, 5.74) is 7.78. The minimum absolute atomic E-state index is 0.0598. The first-order chi connectivity index (χ1) is 10.1. The average molecular weight is 287 g/mol. The zero-order valence-corrected chi connectivity index (χ0v) is 11.7. The molecule has 0 aromatic heterocycles. The first-order valence-electron chi connectivity index (χ1n) is 6.48. The van der Waals surface area contributed by atoms with E-state index in [2.05, 4.69) is 5.32 Å². The number of benzene rings is 2. The third kappa shape index (κ3) is 3.70. The van der Waals surface area contributed by atoms with Gasteiger partial charge in [-0.3, -0.25) is 10.1 Å². The maximum absolute atomic E-state index is 10.8. The molecule has 2 aromatic rings. The topological polar surface area (TPSA) is 90.4 Å². The van der Waals surface area contributed by atoms with Gasteiger partial charge in [0.1, 0.15) is 0 Å². The summed E-state index contributed by atoms with van der Waals surface area (Å²) in [5, 5.41) is 14.0. The molecule has 0 aliphatic rings. The maximum Gasteiger partial charge on any atom is 0.311 e. The number of hydrogen-bond donors (Lipinski definition) is 2. The lowest BCUT2D eigenvalue weighted by Crippen LogP contribution is -2.20.